The van der Waals surface area contributed by atoms with E-state index in [-0.39, 0.29) is 30.5 Å². The van der Waals surface area contributed by atoms with Crippen LogP contribution in [0.1, 0.15) is 37.5 Å². The molecule has 182 valence electrons. The zero-order valence-corrected chi connectivity index (χ0v) is 20.3. The van der Waals surface area contributed by atoms with Gasteiger partial charge in [-0.1, -0.05) is 78.9 Å². The molecular weight excluding hydrogens is 442 g/mol. The Morgan fingerprint density at radius 2 is 1.43 bits per heavy atom. The highest BCUT2D eigenvalue weighted by atomic mass is 16.6. The van der Waals surface area contributed by atoms with Gasteiger partial charge in [0.2, 0.25) is 11.8 Å². The lowest BCUT2D eigenvalue weighted by molar-refractivity contribution is -0.385. The predicted octanol–water partition coefficient (Wildman–Crippen LogP) is 4.69. The summed E-state index contributed by atoms with van der Waals surface area (Å²) in [6, 6.07) is 24.4. The molecule has 0 bridgehead atoms. The van der Waals surface area contributed by atoms with Crippen LogP contribution in [0.5, 0.6) is 0 Å². The molecule has 1 atom stereocenters. The lowest BCUT2D eigenvalue weighted by atomic mass is 9.99. The highest BCUT2D eigenvalue weighted by Gasteiger charge is 2.33. The molecule has 0 fully saturated rings. The van der Waals surface area contributed by atoms with Crippen molar-refractivity contribution in [2.45, 2.75) is 51.7 Å². The van der Waals surface area contributed by atoms with Gasteiger partial charge in [0.05, 0.1) is 11.3 Å². The van der Waals surface area contributed by atoms with Crippen LogP contribution in [0.2, 0.25) is 0 Å². The SMILES string of the molecule is CC(C)(C)NC(=O)C(Cc1ccccc1)N(Cc1ccccc1)C(=O)Cc1ccccc1[N+](=O)[O-]. The average Bonchev–Trinajstić information content (AvgIpc) is 2.81. The molecule has 0 saturated carbocycles. The van der Waals surface area contributed by atoms with Crippen molar-refractivity contribution in [3.8, 4) is 0 Å². The Kier molecular flexibility index (Phi) is 8.36. The molecule has 0 aromatic heterocycles. The maximum atomic E-state index is 13.7. The normalized spacial score (nSPS) is 12.0. The van der Waals surface area contributed by atoms with Crippen molar-refractivity contribution in [1.29, 1.82) is 0 Å². The zero-order chi connectivity index (χ0) is 25.4. The van der Waals surface area contributed by atoms with E-state index in [0.717, 1.165) is 11.1 Å². The number of nitrogens with one attached hydrogen (secondary N) is 1. The van der Waals surface area contributed by atoms with Crippen molar-refractivity contribution in [2.24, 2.45) is 0 Å². The second-order valence-electron chi connectivity index (χ2n) is 9.51. The molecule has 0 aliphatic carbocycles. The van der Waals surface area contributed by atoms with Crippen LogP contribution in [0.4, 0.5) is 5.69 Å². The quantitative estimate of drug-likeness (QED) is 0.360. The summed E-state index contributed by atoms with van der Waals surface area (Å²) in [5.74, 6) is -0.624. The predicted molar refractivity (Wildman–Crippen MR) is 136 cm³/mol. The number of rotatable bonds is 9. The average molecular weight is 474 g/mol. The first kappa shape index (κ1) is 25.6. The van der Waals surface area contributed by atoms with Gasteiger partial charge < -0.3 is 10.2 Å². The van der Waals surface area contributed by atoms with Crippen molar-refractivity contribution < 1.29 is 14.5 Å². The van der Waals surface area contributed by atoms with E-state index in [9.17, 15) is 19.7 Å². The highest BCUT2D eigenvalue weighted by molar-refractivity contribution is 5.89. The van der Waals surface area contributed by atoms with Crippen LogP contribution in [0.25, 0.3) is 0 Å². The number of nitrogens with zero attached hydrogens (tertiary/aromatic N) is 2. The van der Waals surface area contributed by atoms with E-state index in [1.165, 1.54) is 6.07 Å². The van der Waals surface area contributed by atoms with Crippen LogP contribution in [0.15, 0.2) is 84.9 Å². The molecule has 3 aromatic rings. The van der Waals surface area contributed by atoms with Gasteiger partial charge in [-0.05, 0) is 31.9 Å². The van der Waals surface area contributed by atoms with E-state index in [2.05, 4.69) is 5.32 Å². The summed E-state index contributed by atoms with van der Waals surface area (Å²) in [6.07, 6.45) is 0.135. The summed E-state index contributed by atoms with van der Waals surface area (Å²) in [5, 5.41) is 14.5. The van der Waals surface area contributed by atoms with Gasteiger partial charge in [-0.15, -0.1) is 0 Å². The fourth-order valence-corrected chi connectivity index (χ4v) is 3.89. The maximum absolute atomic E-state index is 13.7. The fraction of sp³-hybridized carbons (Fsp3) is 0.286. The Hall–Kier alpha value is -4.00. The van der Waals surface area contributed by atoms with E-state index < -0.39 is 16.5 Å². The number of hydrogen-bond donors (Lipinski definition) is 1. The summed E-state index contributed by atoms with van der Waals surface area (Å²) in [5.41, 5.74) is 1.49. The summed E-state index contributed by atoms with van der Waals surface area (Å²) in [6.45, 7) is 5.87. The Morgan fingerprint density at radius 3 is 2.00 bits per heavy atom. The van der Waals surface area contributed by atoms with Gasteiger partial charge in [0.25, 0.3) is 5.69 Å². The van der Waals surface area contributed by atoms with Crippen molar-refractivity contribution >= 4 is 17.5 Å². The summed E-state index contributed by atoms with van der Waals surface area (Å²) in [7, 11) is 0. The van der Waals surface area contributed by atoms with Crippen LogP contribution in [0.3, 0.4) is 0 Å². The van der Waals surface area contributed by atoms with E-state index in [4.69, 9.17) is 0 Å². The molecule has 0 aliphatic heterocycles. The fourth-order valence-electron chi connectivity index (χ4n) is 3.89. The highest BCUT2D eigenvalue weighted by Crippen LogP contribution is 2.22. The van der Waals surface area contributed by atoms with E-state index >= 15 is 0 Å². The lowest BCUT2D eigenvalue weighted by Gasteiger charge is -2.34. The second kappa shape index (κ2) is 11.4. The molecule has 1 N–H and O–H groups in total. The Balaban J connectivity index is 2.01. The monoisotopic (exact) mass is 473 g/mol. The van der Waals surface area contributed by atoms with E-state index in [1.54, 1.807) is 23.1 Å². The second-order valence-corrected chi connectivity index (χ2v) is 9.51. The van der Waals surface area contributed by atoms with Crippen LogP contribution in [0, 0.1) is 10.1 Å². The maximum Gasteiger partial charge on any atom is 0.273 e. The number of nitro groups is 1. The number of carbonyl (C=O) groups excluding carboxylic acids is 2. The molecule has 7 nitrogen and oxygen atoms in total. The minimum atomic E-state index is -0.799. The smallest absolute Gasteiger partial charge is 0.273 e. The summed E-state index contributed by atoms with van der Waals surface area (Å²) >= 11 is 0. The van der Waals surface area contributed by atoms with Crippen LogP contribution >= 0.6 is 0 Å². The standard InChI is InChI=1S/C28H31N3O4/c1-28(2,3)29-27(33)25(18-21-12-6-4-7-13-21)30(20-22-14-8-5-9-15-22)26(32)19-23-16-10-11-17-24(23)31(34)35/h4-17,25H,18-20H2,1-3H3,(H,29,33). The van der Waals surface area contributed by atoms with Gasteiger partial charge in [0, 0.05) is 30.1 Å². The van der Waals surface area contributed by atoms with Crippen molar-refractivity contribution in [2.75, 3.05) is 0 Å². The van der Waals surface area contributed by atoms with Crippen LogP contribution < -0.4 is 5.32 Å². The van der Waals surface area contributed by atoms with Gasteiger partial charge in [-0.3, -0.25) is 19.7 Å². The summed E-state index contributed by atoms with van der Waals surface area (Å²) in [4.78, 5) is 39.8. The Morgan fingerprint density at radius 1 is 0.886 bits per heavy atom. The number of hydrogen-bond acceptors (Lipinski definition) is 4. The van der Waals surface area contributed by atoms with Crippen LogP contribution in [-0.2, 0) is 29.0 Å². The van der Waals surface area contributed by atoms with Crippen molar-refractivity contribution in [1.82, 2.24) is 10.2 Å². The van der Waals surface area contributed by atoms with Gasteiger partial charge >= 0.3 is 0 Å². The van der Waals surface area contributed by atoms with Crippen molar-refractivity contribution in [3.63, 3.8) is 0 Å². The zero-order valence-electron chi connectivity index (χ0n) is 20.3. The molecule has 0 heterocycles. The van der Waals surface area contributed by atoms with Gasteiger partial charge in [0.15, 0.2) is 0 Å². The third-order valence-corrected chi connectivity index (χ3v) is 5.50. The summed E-state index contributed by atoms with van der Waals surface area (Å²) < 4.78 is 0. The number of nitro benzene ring substituents is 1. The van der Waals surface area contributed by atoms with Crippen LogP contribution in [-0.4, -0.2) is 33.2 Å². The third-order valence-electron chi connectivity index (χ3n) is 5.50. The molecule has 0 spiro atoms. The van der Waals surface area contributed by atoms with Crippen molar-refractivity contribution in [3.05, 3.63) is 112 Å². The molecule has 7 heteroatoms. The molecule has 0 radical (unpaired) electrons. The number of carbonyl (C=O) groups is 2. The molecular formula is C28H31N3O4. The molecule has 3 aromatic carbocycles. The van der Waals surface area contributed by atoms with E-state index in [1.807, 2.05) is 81.4 Å². The Bertz CT molecular complexity index is 1160. The first-order chi connectivity index (χ1) is 16.6. The molecule has 2 amide bonds. The van der Waals surface area contributed by atoms with Gasteiger partial charge in [0.1, 0.15) is 6.04 Å². The minimum absolute atomic E-state index is 0.112. The van der Waals surface area contributed by atoms with E-state index in [0.29, 0.717) is 12.0 Å². The number of amides is 2. The molecule has 0 aliphatic rings. The molecule has 1 unspecified atom stereocenters. The molecule has 3 rings (SSSR count). The molecule has 0 saturated heterocycles. The molecule has 35 heavy (non-hydrogen) atoms. The largest absolute Gasteiger partial charge is 0.350 e. The lowest BCUT2D eigenvalue weighted by Crippen LogP contribution is -2.54. The van der Waals surface area contributed by atoms with Gasteiger partial charge in [-0.2, -0.15) is 0 Å². The topological polar surface area (TPSA) is 92.6 Å². The number of benzene rings is 3. The first-order valence-electron chi connectivity index (χ1n) is 11.6. The Labute approximate surface area is 205 Å². The third kappa shape index (κ3) is 7.50. The number of para-hydroxylation sites is 1. The van der Waals surface area contributed by atoms with Gasteiger partial charge in [-0.25, -0.2) is 0 Å². The minimum Gasteiger partial charge on any atom is -0.350 e. The first-order valence-corrected chi connectivity index (χ1v) is 11.6.